The van der Waals surface area contributed by atoms with Gasteiger partial charge in [0.2, 0.25) is 5.91 Å². The van der Waals surface area contributed by atoms with E-state index in [0.717, 1.165) is 65.6 Å². The molecule has 0 aromatic carbocycles. The predicted octanol–water partition coefficient (Wildman–Crippen LogP) is -0.931. The van der Waals surface area contributed by atoms with Crippen molar-refractivity contribution in [2.45, 2.75) is 20.0 Å². The highest BCUT2D eigenvalue weighted by Gasteiger charge is 2.22. The molecule has 0 bridgehead atoms. The lowest BCUT2D eigenvalue weighted by Gasteiger charge is -2.36. The van der Waals surface area contributed by atoms with Gasteiger partial charge in [-0.05, 0) is 5.92 Å². The molecule has 2 rings (SSSR count). The van der Waals surface area contributed by atoms with Gasteiger partial charge in [-0.2, -0.15) is 0 Å². The summed E-state index contributed by atoms with van der Waals surface area (Å²) in [5.41, 5.74) is 0. The molecule has 0 unspecified atom stereocenters. The molecule has 2 aliphatic heterocycles. The van der Waals surface area contributed by atoms with Crippen molar-refractivity contribution in [2.24, 2.45) is 5.92 Å². The van der Waals surface area contributed by atoms with Gasteiger partial charge in [-0.3, -0.25) is 19.5 Å². The SMILES string of the molecule is CC(C)CNC(=O)CN1CCN(C[C@@H](O)CN2CCOCC2)CC1. The molecule has 2 aliphatic rings. The first-order valence-corrected chi connectivity index (χ1v) is 9.22. The second kappa shape index (κ2) is 10.3. The van der Waals surface area contributed by atoms with Gasteiger partial charge < -0.3 is 15.2 Å². The van der Waals surface area contributed by atoms with Gasteiger partial charge in [0.05, 0.1) is 25.9 Å². The number of β-amino-alcohol motifs (C(OH)–C–C–N with tert-alkyl or cyclic N) is 1. The Kier molecular flexibility index (Phi) is 8.41. The lowest BCUT2D eigenvalue weighted by atomic mass is 10.2. The van der Waals surface area contributed by atoms with Gasteiger partial charge >= 0.3 is 0 Å². The Hall–Kier alpha value is -0.730. The largest absolute Gasteiger partial charge is 0.390 e. The number of carbonyl (C=O) groups excluding carboxylic acids is 1. The monoisotopic (exact) mass is 342 g/mol. The minimum absolute atomic E-state index is 0.115. The molecule has 0 spiro atoms. The molecule has 0 radical (unpaired) electrons. The van der Waals surface area contributed by atoms with Crippen molar-refractivity contribution >= 4 is 5.91 Å². The van der Waals surface area contributed by atoms with Crippen LogP contribution in [0.3, 0.4) is 0 Å². The molecule has 7 heteroatoms. The third-order valence-corrected chi connectivity index (χ3v) is 4.58. The predicted molar refractivity (Wildman–Crippen MR) is 94.0 cm³/mol. The fourth-order valence-corrected chi connectivity index (χ4v) is 3.14. The van der Waals surface area contributed by atoms with Crippen LogP contribution in [0.1, 0.15) is 13.8 Å². The van der Waals surface area contributed by atoms with E-state index in [1.165, 1.54) is 0 Å². The first-order chi connectivity index (χ1) is 11.5. The van der Waals surface area contributed by atoms with Crippen LogP contribution in [-0.4, -0.2) is 110 Å². The first kappa shape index (κ1) is 19.6. The first-order valence-electron chi connectivity index (χ1n) is 9.22. The Morgan fingerprint density at radius 2 is 1.54 bits per heavy atom. The minimum atomic E-state index is -0.316. The van der Waals surface area contributed by atoms with Gasteiger partial charge in [0.1, 0.15) is 0 Å². The average molecular weight is 342 g/mol. The number of nitrogens with zero attached hydrogens (tertiary/aromatic N) is 3. The number of morpholine rings is 1. The quantitative estimate of drug-likeness (QED) is 0.594. The molecule has 24 heavy (non-hydrogen) atoms. The maximum atomic E-state index is 11.9. The van der Waals surface area contributed by atoms with Gasteiger partial charge in [0.25, 0.3) is 0 Å². The lowest BCUT2D eigenvalue weighted by Crippen LogP contribution is -2.52. The zero-order chi connectivity index (χ0) is 17.4. The van der Waals surface area contributed by atoms with Crippen molar-refractivity contribution in [3.05, 3.63) is 0 Å². The summed E-state index contributed by atoms with van der Waals surface area (Å²) in [6.45, 7) is 13.8. The maximum Gasteiger partial charge on any atom is 0.234 e. The summed E-state index contributed by atoms with van der Waals surface area (Å²) in [6.07, 6.45) is -0.316. The van der Waals surface area contributed by atoms with E-state index in [2.05, 4.69) is 33.9 Å². The van der Waals surface area contributed by atoms with Crippen LogP contribution in [0, 0.1) is 5.92 Å². The van der Waals surface area contributed by atoms with Crippen LogP contribution >= 0.6 is 0 Å². The van der Waals surface area contributed by atoms with E-state index >= 15 is 0 Å². The summed E-state index contributed by atoms with van der Waals surface area (Å²) in [6, 6.07) is 0. The summed E-state index contributed by atoms with van der Waals surface area (Å²) in [4.78, 5) is 18.6. The van der Waals surface area contributed by atoms with E-state index in [9.17, 15) is 9.90 Å². The highest BCUT2D eigenvalue weighted by molar-refractivity contribution is 5.78. The van der Waals surface area contributed by atoms with Crippen molar-refractivity contribution in [2.75, 3.05) is 78.7 Å². The normalized spacial score (nSPS) is 22.7. The molecule has 2 N–H and O–H groups in total. The highest BCUT2D eigenvalue weighted by atomic mass is 16.5. The molecule has 0 aromatic rings. The van der Waals surface area contributed by atoms with Crippen molar-refractivity contribution in [3.63, 3.8) is 0 Å². The van der Waals surface area contributed by atoms with E-state index in [0.29, 0.717) is 19.0 Å². The highest BCUT2D eigenvalue weighted by Crippen LogP contribution is 2.05. The number of rotatable bonds is 8. The van der Waals surface area contributed by atoms with Gasteiger partial charge in [-0.15, -0.1) is 0 Å². The van der Waals surface area contributed by atoms with Gasteiger partial charge in [0.15, 0.2) is 0 Å². The number of aliphatic hydroxyl groups is 1. The van der Waals surface area contributed by atoms with Crippen molar-refractivity contribution < 1.29 is 14.6 Å². The molecular weight excluding hydrogens is 308 g/mol. The Bertz CT molecular complexity index is 367. The number of hydrogen-bond acceptors (Lipinski definition) is 6. The fourth-order valence-electron chi connectivity index (χ4n) is 3.14. The molecule has 0 saturated carbocycles. The van der Waals surface area contributed by atoms with Crippen LogP contribution in [0.25, 0.3) is 0 Å². The number of aliphatic hydroxyl groups excluding tert-OH is 1. The van der Waals surface area contributed by atoms with Crippen molar-refractivity contribution in [3.8, 4) is 0 Å². The molecule has 0 aromatic heterocycles. The minimum Gasteiger partial charge on any atom is -0.390 e. The summed E-state index contributed by atoms with van der Waals surface area (Å²) in [7, 11) is 0. The second-order valence-electron chi connectivity index (χ2n) is 7.34. The molecule has 1 amide bonds. The summed E-state index contributed by atoms with van der Waals surface area (Å²) < 4.78 is 5.33. The van der Waals surface area contributed by atoms with E-state index in [4.69, 9.17) is 4.74 Å². The summed E-state index contributed by atoms with van der Waals surface area (Å²) >= 11 is 0. The van der Waals surface area contributed by atoms with Crippen LogP contribution in [0.4, 0.5) is 0 Å². The van der Waals surface area contributed by atoms with E-state index in [1.807, 2.05) is 0 Å². The smallest absolute Gasteiger partial charge is 0.234 e. The number of amides is 1. The number of ether oxygens (including phenoxy) is 1. The van der Waals surface area contributed by atoms with Crippen LogP contribution < -0.4 is 5.32 Å². The number of piperazine rings is 1. The Morgan fingerprint density at radius 1 is 1.00 bits per heavy atom. The molecule has 1 atom stereocenters. The standard InChI is InChI=1S/C17H34N4O3/c1-15(2)11-18-17(23)14-20-5-3-19(4-6-20)12-16(22)13-21-7-9-24-10-8-21/h15-16,22H,3-14H2,1-2H3,(H,18,23)/t16-/m1/s1. The van der Waals surface area contributed by atoms with E-state index in [-0.39, 0.29) is 12.0 Å². The Balaban J connectivity index is 1.59. The molecule has 2 heterocycles. The molecule has 2 fully saturated rings. The van der Waals surface area contributed by atoms with E-state index < -0.39 is 0 Å². The van der Waals surface area contributed by atoms with Gasteiger partial charge in [-0.1, -0.05) is 13.8 Å². The van der Waals surface area contributed by atoms with Gasteiger partial charge in [0, 0.05) is 58.9 Å². The average Bonchev–Trinajstić information content (AvgIpc) is 2.55. The number of nitrogens with one attached hydrogen (secondary N) is 1. The topological polar surface area (TPSA) is 68.3 Å². The van der Waals surface area contributed by atoms with Crippen molar-refractivity contribution in [1.29, 1.82) is 0 Å². The Morgan fingerprint density at radius 3 is 2.12 bits per heavy atom. The Labute approximate surface area is 145 Å². The van der Waals surface area contributed by atoms with E-state index in [1.54, 1.807) is 0 Å². The molecule has 7 nitrogen and oxygen atoms in total. The fraction of sp³-hybridized carbons (Fsp3) is 0.941. The molecule has 2 saturated heterocycles. The van der Waals surface area contributed by atoms with Gasteiger partial charge in [-0.25, -0.2) is 0 Å². The summed E-state index contributed by atoms with van der Waals surface area (Å²) in [5, 5.41) is 13.3. The van der Waals surface area contributed by atoms with Crippen LogP contribution in [0.5, 0.6) is 0 Å². The second-order valence-corrected chi connectivity index (χ2v) is 7.34. The third kappa shape index (κ3) is 7.44. The number of hydrogen-bond donors (Lipinski definition) is 2. The molecule has 140 valence electrons. The van der Waals surface area contributed by atoms with Crippen LogP contribution in [0.2, 0.25) is 0 Å². The summed E-state index contributed by atoms with van der Waals surface area (Å²) in [5.74, 6) is 0.600. The zero-order valence-electron chi connectivity index (χ0n) is 15.2. The van der Waals surface area contributed by atoms with Crippen LogP contribution in [-0.2, 0) is 9.53 Å². The molecular formula is C17H34N4O3. The lowest BCUT2D eigenvalue weighted by molar-refractivity contribution is -0.122. The number of carbonyl (C=O) groups is 1. The molecule has 0 aliphatic carbocycles. The third-order valence-electron chi connectivity index (χ3n) is 4.58. The maximum absolute atomic E-state index is 11.9. The van der Waals surface area contributed by atoms with Crippen molar-refractivity contribution in [1.82, 2.24) is 20.0 Å². The van der Waals surface area contributed by atoms with Crippen LogP contribution in [0.15, 0.2) is 0 Å². The zero-order valence-corrected chi connectivity index (χ0v) is 15.2.